The van der Waals surface area contributed by atoms with Crippen LogP contribution in [0.25, 0.3) is 16.8 Å². The van der Waals surface area contributed by atoms with Gasteiger partial charge in [0.15, 0.2) is 5.69 Å². The second-order valence-electron chi connectivity index (χ2n) is 8.67. The molecule has 0 aliphatic heterocycles. The molecule has 0 saturated heterocycles. The maximum atomic E-state index is 13.1. The molecular formula is C23H24ClF3N4O4. The average molecular weight is 513 g/mol. The van der Waals surface area contributed by atoms with E-state index in [4.69, 9.17) is 21.1 Å². The van der Waals surface area contributed by atoms with Crippen molar-refractivity contribution in [3.05, 3.63) is 57.7 Å². The predicted octanol–water partition coefficient (Wildman–Crippen LogP) is 5.07. The van der Waals surface area contributed by atoms with Gasteiger partial charge in [0.2, 0.25) is 0 Å². The molecule has 0 spiro atoms. The van der Waals surface area contributed by atoms with Gasteiger partial charge in [0.1, 0.15) is 17.4 Å². The van der Waals surface area contributed by atoms with Gasteiger partial charge in [-0.2, -0.15) is 13.2 Å². The van der Waals surface area contributed by atoms with Crippen LogP contribution < -0.4 is 10.3 Å². The Labute approximate surface area is 204 Å². The third kappa shape index (κ3) is 5.84. The van der Waals surface area contributed by atoms with Crippen molar-refractivity contribution in [2.45, 2.75) is 51.9 Å². The molecule has 2 heterocycles. The standard InChI is InChI=1S/C23H24ClF3N4O4/c1-6-16(21(33)35-22(2,3)4)30-11-18(34-5)15(10-20(30)32)14-9-13(24)7-8-17(14)31-12-19(28-29-31)23(25,26)27/h7-12,16H,6H2,1-5H3. The summed E-state index contributed by atoms with van der Waals surface area (Å²) in [6.45, 7) is 6.90. The van der Waals surface area contributed by atoms with Crippen molar-refractivity contribution in [1.82, 2.24) is 19.6 Å². The molecule has 0 aliphatic rings. The highest BCUT2D eigenvalue weighted by Gasteiger charge is 2.35. The molecular weight excluding hydrogens is 489 g/mol. The van der Waals surface area contributed by atoms with Gasteiger partial charge in [-0.05, 0) is 45.4 Å². The molecule has 0 N–H and O–H groups in total. The van der Waals surface area contributed by atoms with Crippen molar-refractivity contribution in [2.24, 2.45) is 0 Å². The molecule has 2 aromatic heterocycles. The summed E-state index contributed by atoms with van der Waals surface area (Å²) in [5, 5.41) is 7.04. The summed E-state index contributed by atoms with van der Waals surface area (Å²) in [4.78, 5) is 25.8. The first-order valence-electron chi connectivity index (χ1n) is 10.6. The summed E-state index contributed by atoms with van der Waals surface area (Å²) >= 11 is 6.16. The molecule has 3 rings (SSSR count). The van der Waals surface area contributed by atoms with Crippen molar-refractivity contribution >= 4 is 17.6 Å². The highest BCUT2D eigenvalue weighted by atomic mass is 35.5. The van der Waals surface area contributed by atoms with E-state index in [2.05, 4.69) is 10.3 Å². The molecule has 1 aromatic carbocycles. The topological polar surface area (TPSA) is 88.2 Å². The van der Waals surface area contributed by atoms with E-state index in [1.54, 1.807) is 27.7 Å². The fourth-order valence-corrected chi connectivity index (χ4v) is 3.60. The zero-order chi connectivity index (χ0) is 26.1. The first-order chi connectivity index (χ1) is 16.2. The second-order valence-corrected chi connectivity index (χ2v) is 9.10. The Morgan fingerprint density at radius 3 is 2.37 bits per heavy atom. The Hall–Kier alpha value is -3.34. The normalized spacial score (nSPS) is 12.9. The predicted molar refractivity (Wildman–Crippen MR) is 123 cm³/mol. The number of methoxy groups -OCH3 is 1. The van der Waals surface area contributed by atoms with Gasteiger partial charge >= 0.3 is 12.1 Å². The van der Waals surface area contributed by atoms with Gasteiger partial charge in [0.25, 0.3) is 5.56 Å². The van der Waals surface area contributed by atoms with Crippen LogP contribution in [0.4, 0.5) is 13.2 Å². The SMILES string of the molecule is CCC(C(=O)OC(C)(C)C)n1cc(OC)c(-c2cc(Cl)ccc2-n2cc(C(F)(F)F)nn2)cc1=O. The number of alkyl halides is 3. The fraction of sp³-hybridized carbons (Fsp3) is 0.391. The summed E-state index contributed by atoms with van der Waals surface area (Å²) in [7, 11) is 1.36. The van der Waals surface area contributed by atoms with E-state index in [1.165, 1.54) is 42.1 Å². The number of carbonyl (C=O) groups is 1. The Morgan fingerprint density at radius 1 is 1.14 bits per heavy atom. The lowest BCUT2D eigenvalue weighted by molar-refractivity contribution is -0.159. The third-order valence-electron chi connectivity index (χ3n) is 4.94. The van der Waals surface area contributed by atoms with E-state index in [9.17, 15) is 22.8 Å². The maximum absolute atomic E-state index is 13.1. The third-order valence-corrected chi connectivity index (χ3v) is 5.18. The molecule has 1 atom stereocenters. The van der Waals surface area contributed by atoms with Crippen molar-refractivity contribution in [1.29, 1.82) is 0 Å². The minimum absolute atomic E-state index is 0.186. The molecule has 0 bridgehead atoms. The van der Waals surface area contributed by atoms with Crippen LogP contribution in [0, 0.1) is 0 Å². The van der Waals surface area contributed by atoms with Crippen LogP contribution in [-0.4, -0.2) is 38.2 Å². The van der Waals surface area contributed by atoms with Crippen LogP contribution in [0.3, 0.4) is 0 Å². The van der Waals surface area contributed by atoms with E-state index in [1.807, 2.05) is 0 Å². The average Bonchev–Trinajstić information content (AvgIpc) is 3.24. The number of benzene rings is 1. The largest absolute Gasteiger partial charge is 0.495 e. The zero-order valence-electron chi connectivity index (χ0n) is 19.7. The molecule has 0 saturated carbocycles. The van der Waals surface area contributed by atoms with Crippen molar-refractivity contribution in [3.8, 4) is 22.6 Å². The van der Waals surface area contributed by atoms with Gasteiger partial charge in [0, 0.05) is 22.2 Å². The van der Waals surface area contributed by atoms with Crippen LogP contribution in [0.15, 0.2) is 41.5 Å². The number of rotatable bonds is 6. The molecule has 0 fully saturated rings. The van der Waals surface area contributed by atoms with Gasteiger partial charge in [-0.15, -0.1) is 5.10 Å². The maximum Gasteiger partial charge on any atom is 0.436 e. The molecule has 35 heavy (non-hydrogen) atoms. The number of esters is 1. The van der Waals surface area contributed by atoms with E-state index >= 15 is 0 Å². The molecule has 0 amide bonds. The van der Waals surface area contributed by atoms with Crippen molar-refractivity contribution < 1.29 is 27.4 Å². The minimum atomic E-state index is -4.68. The number of halogens is 4. The smallest absolute Gasteiger partial charge is 0.436 e. The molecule has 188 valence electrons. The number of nitrogens with zero attached hydrogens (tertiary/aromatic N) is 4. The highest BCUT2D eigenvalue weighted by molar-refractivity contribution is 6.31. The molecule has 1 unspecified atom stereocenters. The minimum Gasteiger partial charge on any atom is -0.495 e. The molecule has 12 heteroatoms. The van der Waals surface area contributed by atoms with Gasteiger partial charge < -0.3 is 9.47 Å². The Kier molecular flexibility index (Phi) is 7.30. The Morgan fingerprint density at radius 2 is 1.83 bits per heavy atom. The van der Waals surface area contributed by atoms with E-state index < -0.39 is 35.0 Å². The lowest BCUT2D eigenvalue weighted by Crippen LogP contribution is -2.34. The number of hydrogen-bond acceptors (Lipinski definition) is 6. The van der Waals surface area contributed by atoms with Gasteiger partial charge in [0.05, 0.1) is 25.2 Å². The summed E-state index contributed by atoms with van der Waals surface area (Å²) in [5.74, 6) is -0.395. The highest BCUT2D eigenvalue weighted by Crippen LogP contribution is 2.36. The van der Waals surface area contributed by atoms with E-state index in [0.717, 1.165) is 10.9 Å². The number of carbonyl (C=O) groups excluding carboxylic acids is 1. The van der Waals surface area contributed by atoms with Crippen molar-refractivity contribution in [3.63, 3.8) is 0 Å². The number of aromatic nitrogens is 4. The van der Waals surface area contributed by atoms with Crippen LogP contribution in [0.2, 0.25) is 5.02 Å². The number of pyridine rings is 1. The van der Waals surface area contributed by atoms with Crippen molar-refractivity contribution in [2.75, 3.05) is 7.11 Å². The van der Waals surface area contributed by atoms with Crippen LogP contribution in [-0.2, 0) is 15.7 Å². The van der Waals surface area contributed by atoms with Crippen LogP contribution in [0.5, 0.6) is 5.75 Å². The zero-order valence-corrected chi connectivity index (χ0v) is 20.4. The van der Waals surface area contributed by atoms with Gasteiger partial charge in [-0.25, -0.2) is 9.48 Å². The van der Waals surface area contributed by atoms with Crippen LogP contribution >= 0.6 is 11.6 Å². The monoisotopic (exact) mass is 512 g/mol. The van der Waals surface area contributed by atoms with E-state index in [0.29, 0.717) is 0 Å². The first kappa shape index (κ1) is 26.3. The lowest BCUT2D eigenvalue weighted by Gasteiger charge is -2.25. The molecule has 0 aliphatic carbocycles. The molecule has 8 nitrogen and oxygen atoms in total. The molecule has 0 radical (unpaired) electrons. The van der Waals surface area contributed by atoms with Crippen LogP contribution in [0.1, 0.15) is 45.9 Å². The summed E-state index contributed by atoms with van der Waals surface area (Å²) in [5.41, 5.74) is -1.76. The summed E-state index contributed by atoms with van der Waals surface area (Å²) in [6.07, 6.45) is -2.31. The number of hydrogen-bond donors (Lipinski definition) is 0. The lowest BCUT2D eigenvalue weighted by atomic mass is 10.0. The fourth-order valence-electron chi connectivity index (χ4n) is 3.43. The summed E-state index contributed by atoms with van der Waals surface area (Å²) in [6, 6.07) is 4.71. The number of ether oxygens (including phenoxy) is 2. The van der Waals surface area contributed by atoms with Gasteiger partial charge in [-0.3, -0.25) is 9.36 Å². The quantitative estimate of drug-likeness (QED) is 0.428. The Bertz CT molecular complexity index is 1300. The second kappa shape index (κ2) is 9.73. The van der Waals surface area contributed by atoms with E-state index in [-0.39, 0.29) is 34.0 Å². The summed E-state index contributed by atoms with van der Waals surface area (Å²) < 4.78 is 52.2. The molecule has 3 aromatic rings. The first-order valence-corrected chi connectivity index (χ1v) is 11.0. The van der Waals surface area contributed by atoms with Gasteiger partial charge in [-0.1, -0.05) is 23.7 Å². The Balaban J connectivity index is 2.16.